The summed E-state index contributed by atoms with van der Waals surface area (Å²) in [5.41, 5.74) is 10.2. The number of nitrogens with one attached hydrogen (secondary N) is 2. The van der Waals surface area contributed by atoms with Gasteiger partial charge in [-0.15, -0.1) is 0 Å². The topological polar surface area (TPSA) is 83.4 Å². The fourth-order valence-electron chi connectivity index (χ4n) is 2.28. The summed E-state index contributed by atoms with van der Waals surface area (Å²) < 4.78 is 0. The van der Waals surface area contributed by atoms with Crippen LogP contribution in [0.5, 0.6) is 0 Å². The fourth-order valence-corrected chi connectivity index (χ4v) is 2.28. The molecule has 2 aromatic carbocycles. The van der Waals surface area contributed by atoms with Crippen molar-refractivity contribution in [2.75, 3.05) is 5.73 Å². The van der Waals surface area contributed by atoms with Crippen molar-refractivity contribution in [2.24, 2.45) is 0 Å². The molecule has 0 bridgehead atoms. The Morgan fingerprint density at radius 3 is 2.79 bits per heavy atom. The molecule has 0 spiro atoms. The average molecular weight is 249 g/mol. The predicted octanol–water partition coefficient (Wildman–Crippen LogP) is 2.69. The second kappa shape index (κ2) is 3.58. The Balaban J connectivity index is 2.00. The van der Waals surface area contributed by atoms with E-state index in [1.54, 1.807) is 0 Å². The predicted molar refractivity (Wildman–Crippen MR) is 75.6 cm³/mol. The van der Waals surface area contributed by atoms with Gasteiger partial charge in [0.25, 0.3) is 0 Å². The third kappa shape index (κ3) is 1.48. The maximum Gasteiger partial charge on any atom is 0.159 e. The molecule has 0 amide bonds. The lowest BCUT2D eigenvalue weighted by Crippen LogP contribution is -1.84. The third-order valence-electron chi connectivity index (χ3n) is 3.20. The molecule has 0 atom stereocenters. The largest absolute Gasteiger partial charge is 0.399 e. The van der Waals surface area contributed by atoms with Gasteiger partial charge in [-0.3, -0.25) is 5.10 Å². The highest BCUT2D eigenvalue weighted by Gasteiger charge is 2.12. The zero-order chi connectivity index (χ0) is 12.8. The molecule has 0 aliphatic rings. The minimum absolute atomic E-state index is 0.714. The lowest BCUT2D eigenvalue weighted by molar-refractivity contribution is 1.11. The van der Waals surface area contributed by atoms with E-state index in [1.807, 2.05) is 42.5 Å². The van der Waals surface area contributed by atoms with Crippen molar-refractivity contribution in [3.8, 4) is 11.5 Å². The number of H-pyrrole nitrogens is 2. The van der Waals surface area contributed by atoms with Crippen molar-refractivity contribution in [3.63, 3.8) is 0 Å². The quantitative estimate of drug-likeness (QED) is 0.453. The molecule has 92 valence electrons. The molecule has 2 heterocycles. The highest BCUT2D eigenvalue weighted by atomic mass is 15.1. The van der Waals surface area contributed by atoms with E-state index in [9.17, 15) is 0 Å². The fraction of sp³-hybridized carbons (Fsp3) is 0. The van der Waals surface area contributed by atoms with Crippen molar-refractivity contribution in [1.82, 2.24) is 20.2 Å². The van der Waals surface area contributed by atoms with Gasteiger partial charge in [0.1, 0.15) is 5.69 Å². The van der Waals surface area contributed by atoms with Gasteiger partial charge in [0, 0.05) is 11.1 Å². The Morgan fingerprint density at radius 1 is 1.00 bits per heavy atom. The van der Waals surface area contributed by atoms with Crippen molar-refractivity contribution < 1.29 is 0 Å². The minimum Gasteiger partial charge on any atom is -0.399 e. The van der Waals surface area contributed by atoms with E-state index < -0.39 is 0 Å². The number of rotatable bonds is 1. The van der Waals surface area contributed by atoms with E-state index in [2.05, 4.69) is 20.2 Å². The molecule has 0 aliphatic carbocycles. The molecule has 0 fully saturated rings. The van der Waals surface area contributed by atoms with Crippen molar-refractivity contribution in [1.29, 1.82) is 0 Å². The number of nitrogen functional groups attached to an aromatic ring is 1. The van der Waals surface area contributed by atoms with Gasteiger partial charge in [-0.25, -0.2) is 4.98 Å². The molecule has 0 aliphatic heterocycles. The summed E-state index contributed by atoms with van der Waals surface area (Å²) in [6.45, 7) is 0. The summed E-state index contributed by atoms with van der Waals surface area (Å²) in [5.74, 6) is 0.748. The standard InChI is InChI=1S/C14H11N5/c15-8-5-6-10-9(7-8)13(19-18-10)14-16-11-3-1-2-4-12(11)17-14/h1-7H,15H2,(H,16,17)(H,18,19). The number of hydrogen-bond donors (Lipinski definition) is 3. The monoisotopic (exact) mass is 249 g/mol. The summed E-state index contributed by atoms with van der Waals surface area (Å²) in [5, 5.41) is 8.29. The maximum atomic E-state index is 5.83. The molecule has 5 heteroatoms. The van der Waals surface area contributed by atoms with Crippen LogP contribution in [0.25, 0.3) is 33.5 Å². The Hall–Kier alpha value is -2.82. The molecule has 19 heavy (non-hydrogen) atoms. The van der Waals surface area contributed by atoms with Crippen LogP contribution in [0.2, 0.25) is 0 Å². The summed E-state index contributed by atoms with van der Waals surface area (Å²) in [6, 6.07) is 13.6. The third-order valence-corrected chi connectivity index (χ3v) is 3.20. The van der Waals surface area contributed by atoms with Crippen molar-refractivity contribution in [2.45, 2.75) is 0 Å². The number of aromatic amines is 2. The maximum absolute atomic E-state index is 5.83. The molecule has 4 rings (SSSR count). The van der Waals surface area contributed by atoms with Gasteiger partial charge in [0.15, 0.2) is 5.82 Å². The minimum atomic E-state index is 0.714. The highest BCUT2D eigenvalue weighted by molar-refractivity contribution is 5.94. The van der Waals surface area contributed by atoms with Gasteiger partial charge in [-0.1, -0.05) is 12.1 Å². The first-order chi connectivity index (χ1) is 9.31. The van der Waals surface area contributed by atoms with Crippen LogP contribution in [-0.4, -0.2) is 20.2 Å². The van der Waals surface area contributed by atoms with Gasteiger partial charge in [0.2, 0.25) is 0 Å². The number of hydrogen-bond acceptors (Lipinski definition) is 3. The second-order valence-corrected chi connectivity index (χ2v) is 4.48. The number of aromatic nitrogens is 4. The molecule has 0 unspecified atom stereocenters. The first-order valence-corrected chi connectivity index (χ1v) is 6.00. The van der Waals surface area contributed by atoms with Crippen molar-refractivity contribution in [3.05, 3.63) is 42.5 Å². The van der Waals surface area contributed by atoms with Gasteiger partial charge in [0.05, 0.1) is 16.6 Å². The summed E-state index contributed by atoms with van der Waals surface area (Å²) in [4.78, 5) is 7.83. The molecule has 2 aromatic heterocycles. The molecule has 0 radical (unpaired) electrons. The number of anilines is 1. The molecular weight excluding hydrogens is 238 g/mol. The second-order valence-electron chi connectivity index (χ2n) is 4.48. The highest BCUT2D eigenvalue weighted by Crippen LogP contribution is 2.27. The molecular formula is C14H11N5. The smallest absolute Gasteiger partial charge is 0.159 e. The number of fused-ring (bicyclic) bond motifs is 2. The Labute approximate surface area is 108 Å². The van der Waals surface area contributed by atoms with E-state index in [-0.39, 0.29) is 0 Å². The normalized spacial score (nSPS) is 11.4. The van der Waals surface area contributed by atoms with Crippen LogP contribution in [0.4, 0.5) is 5.69 Å². The van der Waals surface area contributed by atoms with Crippen LogP contribution in [-0.2, 0) is 0 Å². The summed E-state index contributed by atoms with van der Waals surface area (Å²) in [6.07, 6.45) is 0. The molecule has 4 N–H and O–H groups in total. The first-order valence-electron chi connectivity index (χ1n) is 6.00. The van der Waals surface area contributed by atoms with E-state index in [0.717, 1.165) is 33.5 Å². The van der Waals surface area contributed by atoms with E-state index in [0.29, 0.717) is 5.69 Å². The van der Waals surface area contributed by atoms with Gasteiger partial charge in [-0.05, 0) is 30.3 Å². The van der Waals surface area contributed by atoms with Crippen LogP contribution in [0.3, 0.4) is 0 Å². The van der Waals surface area contributed by atoms with E-state index in [1.165, 1.54) is 0 Å². The van der Waals surface area contributed by atoms with E-state index in [4.69, 9.17) is 5.73 Å². The number of para-hydroxylation sites is 2. The van der Waals surface area contributed by atoms with Gasteiger partial charge in [-0.2, -0.15) is 5.10 Å². The van der Waals surface area contributed by atoms with Crippen LogP contribution in [0.15, 0.2) is 42.5 Å². The Morgan fingerprint density at radius 2 is 1.89 bits per heavy atom. The van der Waals surface area contributed by atoms with Crippen molar-refractivity contribution >= 4 is 27.6 Å². The molecule has 0 saturated heterocycles. The SMILES string of the molecule is Nc1ccc2[nH]nc(-c3nc4ccccc4[nH]3)c2c1. The number of imidazole rings is 1. The van der Waals surface area contributed by atoms with Gasteiger partial charge >= 0.3 is 0 Å². The van der Waals surface area contributed by atoms with Crippen LogP contribution < -0.4 is 5.73 Å². The Kier molecular flexibility index (Phi) is 1.91. The number of benzene rings is 2. The summed E-state index contributed by atoms with van der Waals surface area (Å²) in [7, 11) is 0. The van der Waals surface area contributed by atoms with Gasteiger partial charge < -0.3 is 10.7 Å². The zero-order valence-corrected chi connectivity index (χ0v) is 10.0. The van der Waals surface area contributed by atoms with E-state index >= 15 is 0 Å². The first kappa shape index (κ1) is 10.1. The molecule has 5 nitrogen and oxygen atoms in total. The molecule has 0 saturated carbocycles. The van der Waals surface area contributed by atoms with Crippen LogP contribution in [0.1, 0.15) is 0 Å². The van der Waals surface area contributed by atoms with Crippen LogP contribution >= 0.6 is 0 Å². The molecule has 4 aromatic rings. The lowest BCUT2D eigenvalue weighted by atomic mass is 10.2. The average Bonchev–Trinajstić information content (AvgIpc) is 3.00. The Bertz CT molecular complexity index is 854. The zero-order valence-electron chi connectivity index (χ0n) is 10.0. The lowest BCUT2D eigenvalue weighted by Gasteiger charge is -1.94. The number of nitrogens with zero attached hydrogens (tertiary/aromatic N) is 2. The number of nitrogens with two attached hydrogens (primary N) is 1. The summed E-state index contributed by atoms with van der Waals surface area (Å²) >= 11 is 0. The van der Waals surface area contributed by atoms with Crippen LogP contribution in [0, 0.1) is 0 Å².